The second kappa shape index (κ2) is 2.66. The van der Waals surface area contributed by atoms with Crippen LogP contribution in [-0.4, -0.2) is 24.9 Å². The van der Waals surface area contributed by atoms with E-state index in [-0.39, 0.29) is 5.49 Å². The first-order chi connectivity index (χ1) is 6.33. The molecule has 0 atom stereocenters. The maximum absolute atomic E-state index is 9.90. The SMILES string of the molecule is O=NN=c1c2[nH]cnc2ncn1O. The summed E-state index contributed by atoms with van der Waals surface area (Å²) in [6.07, 6.45) is 2.45. The Labute approximate surface area is 70.5 Å². The molecular formula is C5H4N6O2. The number of aromatic nitrogens is 4. The number of H-pyrrole nitrogens is 1. The standard InChI is InChI=1S/C5H4N6O2/c12-10-9-5-3-4(7-1-6-3)8-2-11(5)13/h1-2,13H,(H,6,7). The molecule has 0 fully saturated rings. The average Bonchev–Trinajstić information content (AvgIpc) is 2.58. The van der Waals surface area contributed by atoms with Crippen LogP contribution in [0.3, 0.4) is 0 Å². The Morgan fingerprint density at radius 3 is 3.15 bits per heavy atom. The van der Waals surface area contributed by atoms with Crippen molar-refractivity contribution < 1.29 is 5.21 Å². The number of hydrogen-bond donors (Lipinski definition) is 2. The second-order valence-electron chi connectivity index (χ2n) is 2.20. The van der Waals surface area contributed by atoms with E-state index in [4.69, 9.17) is 0 Å². The first kappa shape index (κ1) is 7.40. The van der Waals surface area contributed by atoms with E-state index in [0.29, 0.717) is 15.9 Å². The van der Waals surface area contributed by atoms with Gasteiger partial charge in [0, 0.05) is 0 Å². The van der Waals surface area contributed by atoms with Gasteiger partial charge in [-0.25, -0.2) is 9.97 Å². The third-order valence-electron chi connectivity index (χ3n) is 1.48. The first-order valence-electron chi connectivity index (χ1n) is 3.29. The molecule has 0 radical (unpaired) electrons. The van der Waals surface area contributed by atoms with E-state index < -0.39 is 0 Å². The molecule has 13 heavy (non-hydrogen) atoms. The molecule has 0 amide bonds. The zero-order valence-corrected chi connectivity index (χ0v) is 6.25. The summed E-state index contributed by atoms with van der Waals surface area (Å²) >= 11 is 0. The van der Waals surface area contributed by atoms with E-state index in [1.165, 1.54) is 6.33 Å². The van der Waals surface area contributed by atoms with Gasteiger partial charge in [-0.1, -0.05) is 5.10 Å². The van der Waals surface area contributed by atoms with Crippen molar-refractivity contribution in [2.45, 2.75) is 0 Å². The Morgan fingerprint density at radius 1 is 1.54 bits per heavy atom. The van der Waals surface area contributed by atoms with Crippen molar-refractivity contribution in [3.8, 4) is 0 Å². The predicted molar refractivity (Wildman–Crippen MR) is 40.4 cm³/mol. The summed E-state index contributed by atoms with van der Waals surface area (Å²) in [4.78, 5) is 20.1. The van der Waals surface area contributed by atoms with Gasteiger partial charge in [0.15, 0.2) is 5.65 Å². The zero-order chi connectivity index (χ0) is 9.26. The van der Waals surface area contributed by atoms with E-state index in [1.54, 1.807) is 0 Å². The van der Waals surface area contributed by atoms with Crippen molar-refractivity contribution in [3.05, 3.63) is 23.0 Å². The molecule has 0 bridgehead atoms. The summed E-state index contributed by atoms with van der Waals surface area (Å²) in [6, 6.07) is 0. The molecule has 0 saturated carbocycles. The maximum Gasteiger partial charge on any atom is 0.222 e. The minimum atomic E-state index is -0.0301. The molecule has 0 aliphatic carbocycles. The van der Waals surface area contributed by atoms with E-state index >= 15 is 0 Å². The number of rotatable bonds is 1. The Kier molecular flexibility index (Phi) is 1.51. The number of imidazole rings is 1. The van der Waals surface area contributed by atoms with Crippen molar-refractivity contribution in [1.29, 1.82) is 0 Å². The molecule has 0 spiro atoms. The highest BCUT2D eigenvalue weighted by Gasteiger charge is 2.02. The Hall–Kier alpha value is -2.25. The Morgan fingerprint density at radius 2 is 2.38 bits per heavy atom. The number of aromatic amines is 1. The maximum atomic E-state index is 9.90. The van der Waals surface area contributed by atoms with Crippen molar-refractivity contribution in [3.63, 3.8) is 0 Å². The van der Waals surface area contributed by atoms with Crippen molar-refractivity contribution in [2.75, 3.05) is 0 Å². The highest BCUT2D eigenvalue weighted by molar-refractivity contribution is 5.67. The number of nitrogens with zero attached hydrogens (tertiary/aromatic N) is 5. The van der Waals surface area contributed by atoms with Crippen LogP contribution in [0.5, 0.6) is 0 Å². The van der Waals surface area contributed by atoms with Crippen molar-refractivity contribution >= 4 is 11.2 Å². The number of nitroso groups, excluding NO2 is 1. The van der Waals surface area contributed by atoms with Crippen LogP contribution < -0.4 is 5.49 Å². The predicted octanol–water partition coefficient (Wildman–Crippen LogP) is -0.421. The molecule has 2 aromatic heterocycles. The summed E-state index contributed by atoms with van der Waals surface area (Å²) in [7, 11) is 0. The van der Waals surface area contributed by atoms with Gasteiger partial charge in [0.05, 0.1) is 11.6 Å². The topological polar surface area (TPSA) is 109 Å². The van der Waals surface area contributed by atoms with Gasteiger partial charge < -0.3 is 10.2 Å². The van der Waals surface area contributed by atoms with Gasteiger partial charge >= 0.3 is 0 Å². The molecule has 8 nitrogen and oxygen atoms in total. The van der Waals surface area contributed by atoms with E-state index in [2.05, 4.69) is 25.3 Å². The van der Waals surface area contributed by atoms with E-state index in [9.17, 15) is 10.1 Å². The number of hydrogen-bond acceptors (Lipinski definition) is 5. The fourth-order valence-corrected chi connectivity index (χ4v) is 0.963. The largest absolute Gasteiger partial charge is 0.425 e. The van der Waals surface area contributed by atoms with E-state index in [0.717, 1.165) is 6.33 Å². The van der Waals surface area contributed by atoms with Crippen LogP contribution in [0.1, 0.15) is 0 Å². The van der Waals surface area contributed by atoms with Gasteiger partial charge in [-0.15, -0.1) is 4.91 Å². The van der Waals surface area contributed by atoms with Crippen LogP contribution in [0.4, 0.5) is 0 Å². The summed E-state index contributed by atoms with van der Waals surface area (Å²) in [5, 5.41) is 14.7. The average molecular weight is 180 g/mol. The number of nitrogens with one attached hydrogen (secondary N) is 1. The lowest BCUT2D eigenvalue weighted by Gasteiger charge is -1.94. The third kappa shape index (κ3) is 1.04. The summed E-state index contributed by atoms with van der Waals surface area (Å²) in [6.45, 7) is 0. The lowest BCUT2D eigenvalue weighted by atomic mass is 10.5. The van der Waals surface area contributed by atoms with Crippen LogP contribution in [0.25, 0.3) is 11.2 Å². The molecule has 2 heterocycles. The minimum absolute atomic E-state index is 0.0301. The normalized spacial score (nSPS) is 12.2. The Bertz CT molecular complexity index is 511. The zero-order valence-electron chi connectivity index (χ0n) is 6.25. The van der Waals surface area contributed by atoms with Gasteiger partial charge in [-0.3, -0.25) is 0 Å². The van der Waals surface area contributed by atoms with Gasteiger partial charge in [0.2, 0.25) is 5.49 Å². The fourth-order valence-electron chi connectivity index (χ4n) is 0.963. The molecule has 2 rings (SSSR count). The second-order valence-corrected chi connectivity index (χ2v) is 2.20. The van der Waals surface area contributed by atoms with Crippen LogP contribution in [-0.2, 0) is 0 Å². The fraction of sp³-hybridized carbons (Fsp3) is 0. The van der Waals surface area contributed by atoms with Crippen LogP contribution >= 0.6 is 0 Å². The van der Waals surface area contributed by atoms with Crippen LogP contribution in [0.15, 0.2) is 23.0 Å². The highest BCUT2D eigenvalue weighted by atomic mass is 16.5. The van der Waals surface area contributed by atoms with Gasteiger partial charge in [-0.05, 0) is 0 Å². The summed E-state index contributed by atoms with van der Waals surface area (Å²) in [5.41, 5.74) is 0.676. The molecule has 2 N–H and O–H groups in total. The number of fused-ring (bicyclic) bond motifs is 1. The van der Waals surface area contributed by atoms with Crippen LogP contribution in [0.2, 0.25) is 0 Å². The highest BCUT2D eigenvalue weighted by Crippen LogP contribution is 1.96. The van der Waals surface area contributed by atoms with Crippen LogP contribution in [0, 0.1) is 4.91 Å². The lowest BCUT2D eigenvalue weighted by Crippen LogP contribution is -2.19. The minimum Gasteiger partial charge on any atom is -0.425 e. The van der Waals surface area contributed by atoms with Gasteiger partial charge in [0.1, 0.15) is 11.8 Å². The molecular weight excluding hydrogens is 176 g/mol. The van der Waals surface area contributed by atoms with Gasteiger partial charge in [0.25, 0.3) is 0 Å². The van der Waals surface area contributed by atoms with Crippen molar-refractivity contribution in [2.24, 2.45) is 10.4 Å². The summed E-state index contributed by atoms with van der Waals surface area (Å²) < 4.78 is 0.585. The summed E-state index contributed by atoms with van der Waals surface area (Å²) in [5.74, 6) is 0. The van der Waals surface area contributed by atoms with E-state index in [1.807, 2.05) is 0 Å². The molecule has 0 saturated heterocycles. The monoisotopic (exact) mass is 180 g/mol. The molecule has 8 heteroatoms. The quantitative estimate of drug-likeness (QED) is 0.352. The van der Waals surface area contributed by atoms with Crippen molar-refractivity contribution in [1.82, 2.24) is 19.7 Å². The first-order valence-corrected chi connectivity index (χ1v) is 3.29. The smallest absolute Gasteiger partial charge is 0.222 e. The molecule has 0 aromatic carbocycles. The van der Waals surface area contributed by atoms with Gasteiger partial charge in [-0.2, -0.15) is 4.73 Å². The molecule has 0 aliphatic heterocycles. The molecule has 0 unspecified atom stereocenters. The Balaban J connectivity index is 2.97. The third-order valence-corrected chi connectivity index (χ3v) is 1.48. The molecule has 66 valence electrons. The molecule has 2 aromatic rings. The lowest BCUT2D eigenvalue weighted by molar-refractivity contribution is 0.169. The molecule has 0 aliphatic rings.